The number of carboxylic acids is 1. The van der Waals surface area contributed by atoms with Crippen LogP contribution in [-0.2, 0) is 9.53 Å². The minimum Gasteiger partial charge on any atom is -0.481 e. The highest BCUT2D eigenvalue weighted by molar-refractivity contribution is 6.00. The molecule has 2 heterocycles. The molecule has 1 N–H and O–H groups in total. The molecular weight excluding hydrogens is 314 g/mol. The van der Waals surface area contributed by atoms with Crippen LogP contribution in [0.1, 0.15) is 22.6 Å². The number of rotatable bonds is 4. The molecule has 1 atom stereocenters. The third kappa shape index (κ3) is 3.43. The topological polar surface area (TPSA) is 106 Å². The quantitative estimate of drug-likeness (QED) is 0.901. The summed E-state index contributed by atoms with van der Waals surface area (Å²) in [6.07, 6.45) is -0.633. The molecule has 3 rings (SSSR count). The van der Waals surface area contributed by atoms with E-state index in [1.165, 1.54) is 0 Å². The highest BCUT2D eigenvalue weighted by atomic mass is 16.5. The van der Waals surface area contributed by atoms with Crippen molar-refractivity contribution < 1.29 is 24.0 Å². The van der Waals surface area contributed by atoms with Crippen LogP contribution in [0.3, 0.4) is 0 Å². The lowest BCUT2D eigenvalue weighted by Gasteiger charge is -2.32. The molecule has 1 aliphatic rings. The van der Waals surface area contributed by atoms with Crippen molar-refractivity contribution >= 4 is 11.9 Å². The maximum absolute atomic E-state index is 12.9. The molecule has 0 saturated carbocycles. The number of carbonyl (C=O) groups excluding carboxylic acids is 1. The Morgan fingerprint density at radius 1 is 1.38 bits per heavy atom. The van der Waals surface area contributed by atoms with Crippen molar-refractivity contribution in [2.45, 2.75) is 19.4 Å². The number of aromatic nitrogens is 2. The fourth-order valence-corrected chi connectivity index (χ4v) is 2.65. The number of benzene rings is 1. The van der Waals surface area contributed by atoms with E-state index in [1.807, 2.05) is 0 Å². The molecule has 1 fully saturated rings. The second kappa shape index (κ2) is 6.79. The second-order valence-corrected chi connectivity index (χ2v) is 5.53. The first-order valence-electron chi connectivity index (χ1n) is 7.57. The van der Waals surface area contributed by atoms with Crippen molar-refractivity contribution in [1.82, 2.24) is 15.0 Å². The molecule has 0 unspecified atom stereocenters. The fraction of sp³-hybridized carbons (Fsp3) is 0.375. The highest BCUT2D eigenvalue weighted by Gasteiger charge is 2.28. The minimum absolute atomic E-state index is 0.131. The zero-order valence-electron chi connectivity index (χ0n) is 13.1. The number of amides is 1. The average molecular weight is 331 g/mol. The summed E-state index contributed by atoms with van der Waals surface area (Å²) in [6.45, 7) is 2.66. The van der Waals surface area contributed by atoms with Gasteiger partial charge in [-0.05, 0) is 19.1 Å². The third-order valence-electron chi connectivity index (χ3n) is 3.74. The lowest BCUT2D eigenvalue weighted by atomic mass is 10.1. The summed E-state index contributed by atoms with van der Waals surface area (Å²) >= 11 is 0. The Morgan fingerprint density at radius 2 is 2.17 bits per heavy atom. The molecule has 1 amide bonds. The van der Waals surface area contributed by atoms with Crippen molar-refractivity contribution in [2.75, 3.05) is 19.7 Å². The Bertz CT molecular complexity index is 758. The molecule has 8 heteroatoms. The number of morpholine rings is 1. The maximum Gasteiger partial charge on any atom is 0.306 e. The van der Waals surface area contributed by atoms with Gasteiger partial charge in [-0.15, -0.1) is 0 Å². The first-order chi connectivity index (χ1) is 11.5. The number of aryl methyl sites for hydroxylation is 1. The van der Waals surface area contributed by atoms with Crippen LogP contribution >= 0.6 is 0 Å². The summed E-state index contributed by atoms with van der Waals surface area (Å²) in [5.41, 5.74) is 1.00. The van der Waals surface area contributed by atoms with Gasteiger partial charge in [-0.2, -0.15) is 4.98 Å². The molecule has 1 saturated heterocycles. The van der Waals surface area contributed by atoms with Gasteiger partial charge in [0.25, 0.3) is 11.8 Å². The van der Waals surface area contributed by atoms with Gasteiger partial charge in [-0.25, -0.2) is 0 Å². The lowest BCUT2D eigenvalue weighted by molar-refractivity contribution is -0.141. The zero-order valence-corrected chi connectivity index (χ0v) is 13.1. The summed E-state index contributed by atoms with van der Waals surface area (Å²) in [4.78, 5) is 29.5. The van der Waals surface area contributed by atoms with Crippen LogP contribution in [0.15, 0.2) is 28.8 Å². The first-order valence-corrected chi connectivity index (χ1v) is 7.57. The van der Waals surface area contributed by atoms with E-state index in [0.717, 1.165) is 0 Å². The summed E-state index contributed by atoms with van der Waals surface area (Å²) in [5, 5.41) is 12.6. The number of ether oxygens (including phenoxy) is 1. The van der Waals surface area contributed by atoms with Gasteiger partial charge in [-0.3, -0.25) is 9.59 Å². The molecule has 2 aromatic rings. The van der Waals surface area contributed by atoms with Crippen LogP contribution in [0.2, 0.25) is 0 Å². The summed E-state index contributed by atoms with van der Waals surface area (Å²) < 4.78 is 10.6. The number of aliphatic carboxylic acids is 1. The number of carbonyl (C=O) groups is 2. The molecule has 0 spiro atoms. The van der Waals surface area contributed by atoms with Gasteiger partial charge in [0, 0.05) is 13.1 Å². The molecule has 0 aliphatic carbocycles. The lowest BCUT2D eigenvalue weighted by Crippen LogP contribution is -2.46. The largest absolute Gasteiger partial charge is 0.481 e. The van der Waals surface area contributed by atoms with Crippen LogP contribution in [0.4, 0.5) is 0 Å². The molecule has 1 aliphatic heterocycles. The standard InChI is InChI=1S/C16H17N3O5/c1-10-17-15(24-18-10)12-4-2-3-5-13(12)16(22)19-6-7-23-11(9-19)8-14(20)21/h2-5,11H,6-9H2,1H3,(H,20,21)/t11-/m1/s1. The smallest absolute Gasteiger partial charge is 0.306 e. The Labute approximate surface area is 138 Å². The minimum atomic E-state index is -0.948. The van der Waals surface area contributed by atoms with Crippen LogP contribution in [-0.4, -0.2) is 57.8 Å². The van der Waals surface area contributed by atoms with Gasteiger partial charge in [0.2, 0.25) is 0 Å². The number of hydrogen-bond donors (Lipinski definition) is 1. The van der Waals surface area contributed by atoms with E-state index in [9.17, 15) is 9.59 Å². The maximum atomic E-state index is 12.9. The van der Waals surface area contributed by atoms with Crippen LogP contribution < -0.4 is 0 Å². The van der Waals surface area contributed by atoms with Gasteiger partial charge in [0.05, 0.1) is 30.3 Å². The van der Waals surface area contributed by atoms with Crippen LogP contribution in [0.25, 0.3) is 11.5 Å². The Hall–Kier alpha value is -2.74. The number of carboxylic acid groups (broad SMARTS) is 1. The predicted molar refractivity (Wildman–Crippen MR) is 82.4 cm³/mol. The molecule has 126 valence electrons. The predicted octanol–water partition coefficient (Wildman–Crippen LogP) is 1.36. The molecule has 8 nitrogen and oxygen atoms in total. The van der Waals surface area contributed by atoms with Crippen molar-refractivity contribution in [3.8, 4) is 11.5 Å². The number of hydrogen-bond acceptors (Lipinski definition) is 6. The van der Waals surface area contributed by atoms with Crippen molar-refractivity contribution in [1.29, 1.82) is 0 Å². The van der Waals surface area contributed by atoms with Gasteiger partial charge in [0.1, 0.15) is 0 Å². The Kier molecular flexibility index (Phi) is 4.57. The van der Waals surface area contributed by atoms with Gasteiger partial charge in [-0.1, -0.05) is 17.3 Å². The first kappa shape index (κ1) is 16.1. The summed E-state index contributed by atoms with van der Waals surface area (Å²) in [6, 6.07) is 6.99. The number of nitrogens with zero attached hydrogens (tertiary/aromatic N) is 3. The van der Waals surface area contributed by atoms with E-state index in [2.05, 4.69) is 10.1 Å². The Balaban J connectivity index is 1.84. The van der Waals surface area contributed by atoms with Crippen molar-refractivity contribution in [3.63, 3.8) is 0 Å². The normalized spacial score (nSPS) is 17.7. The monoisotopic (exact) mass is 331 g/mol. The van der Waals surface area contributed by atoms with E-state index < -0.39 is 12.1 Å². The molecule has 1 aromatic heterocycles. The SMILES string of the molecule is Cc1noc(-c2ccccc2C(=O)N2CCO[C@H](CC(=O)O)C2)n1. The van der Waals surface area contributed by atoms with Gasteiger partial charge in [0.15, 0.2) is 5.82 Å². The van der Waals surface area contributed by atoms with Crippen LogP contribution in [0.5, 0.6) is 0 Å². The highest BCUT2D eigenvalue weighted by Crippen LogP contribution is 2.24. The molecule has 1 aromatic carbocycles. The molecular formula is C16H17N3O5. The second-order valence-electron chi connectivity index (χ2n) is 5.53. The van der Waals surface area contributed by atoms with E-state index in [-0.39, 0.29) is 24.8 Å². The van der Waals surface area contributed by atoms with Crippen molar-refractivity contribution in [2.24, 2.45) is 0 Å². The molecule has 0 radical (unpaired) electrons. The summed E-state index contributed by atoms with van der Waals surface area (Å²) in [7, 11) is 0. The van der Waals surface area contributed by atoms with Crippen LogP contribution in [0, 0.1) is 6.92 Å². The van der Waals surface area contributed by atoms with Gasteiger partial charge < -0.3 is 19.3 Å². The van der Waals surface area contributed by atoms with E-state index in [1.54, 1.807) is 36.1 Å². The molecule has 0 bridgehead atoms. The van der Waals surface area contributed by atoms with E-state index in [4.69, 9.17) is 14.4 Å². The Morgan fingerprint density at radius 3 is 2.88 bits per heavy atom. The van der Waals surface area contributed by atoms with Crippen molar-refractivity contribution in [3.05, 3.63) is 35.7 Å². The zero-order chi connectivity index (χ0) is 17.1. The van der Waals surface area contributed by atoms with Gasteiger partial charge >= 0.3 is 5.97 Å². The average Bonchev–Trinajstić information content (AvgIpc) is 3.00. The summed E-state index contributed by atoms with van der Waals surface area (Å²) in [5.74, 6) is -0.386. The van der Waals surface area contributed by atoms with E-state index in [0.29, 0.717) is 30.1 Å². The molecule has 24 heavy (non-hydrogen) atoms. The fourth-order valence-electron chi connectivity index (χ4n) is 2.65. The third-order valence-corrected chi connectivity index (χ3v) is 3.74. The van der Waals surface area contributed by atoms with E-state index >= 15 is 0 Å².